The van der Waals surface area contributed by atoms with E-state index in [-0.39, 0.29) is 11.4 Å². The maximum Gasteiger partial charge on any atom is 0.137 e. The lowest BCUT2D eigenvalue weighted by molar-refractivity contribution is 0.422. The molecule has 3 nitrogen and oxygen atoms in total. The summed E-state index contributed by atoms with van der Waals surface area (Å²) in [5, 5.41) is 3.38. The van der Waals surface area contributed by atoms with E-state index in [1.54, 1.807) is 18.3 Å². The van der Waals surface area contributed by atoms with E-state index in [0.29, 0.717) is 4.47 Å². The van der Waals surface area contributed by atoms with Gasteiger partial charge in [0.15, 0.2) is 0 Å². The summed E-state index contributed by atoms with van der Waals surface area (Å²) in [6.07, 6.45) is 1.80. The van der Waals surface area contributed by atoms with Crippen LogP contribution in [0.4, 0.5) is 4.39 Å². The summed E-state index contributed by atoms with van der Waals surface area (Å²) in [5.74, 6) is 0.469. The van der Waals surface area contributed by atoms with Gasteiger partial charge in [-0.1, -0.05) is 0 Å². The molecular weight excluding hydrogens is 309 g/mol. The molecule has 0 aliphatic rings. The molecule has 1 aromatic heterocycles. The summed E-state index contributed by atoms with van der Waals surface area (Å²) in [5.41, 5.74) is 1.92. The van der Waals surface area contributed by atoms with E-state index in [1.807, 2.05) is 0 Å². The first-order chi connectivity index (χ1) is 8.85. The van der Waals surface area contributed by atoms with Crippen molar-refractivity contribution in [3.8, 4) is 11.4 Å². The molecular formula is C14H17BrFN3. The van der Waals surface area contributed by atoms with Crippen molar-refractivity contribution in [1.29, 1.82) is 0 Å². The molecule has 2 rings (SSSR count). The summed E-state index contributed by atoms with van der Waals surface area (Å²) in [4.78, 5) is 7.55. The zero-order valence-corrected chi connectivity index (χ0v) is 12.8. The van der Waals surface area contributed by atoms with Crippen molar-refractivity contribution < 1.29 is 4.39 Å². The summed E-state index contributed by atoms with van der Waals surface area (Å²) in [7, 11) is 0. The molecule has 2 aromatic rings. The van der Waals surface area contributed by atoms with E-state index in [9.17, 15) is 4.39 Å². The average Bonchev–Trinajstić information content (AvgIpc) is 2.78. The predicted octanol–water partition coefficient (Wildman–Crippen LogP) is 3.87. The third-order valence-electron chi connectivity index (χ3n) is 2.63. The fourth-order valence-corrected chi connectivity index (χ4v) is 1.98. The molecule has 0 aliphatic carbocycles. The zero-order valence-electron chi connectivity index (χ0n) is 11.2. The van der Waals surface area contributed by atoms with Gasteiger partial charge in [0.05, 0.1) is 4.47 Å². The lowest BCUT2D eigenvalue weighted by Crippen LogP contribution is -2.35. The molecule has 0 bridgehead atoms. The Bertz CT molecular complexity index is 572. The Balaban J connectivity index is 2.14. The fourth-order valence-electron chi connectivity index (χ4n) is 1.60. The van der Waals surface area contributed by atoms with E-state index in [4.69, 9.17) is 0 Å². The molecule has 0 radical (unpaired) electrons. The maximum absolute atomic E-state index is 13.2. The Labute approximate surface area is 120 Å². The number of aromatic nitrogens is 2. The number of nitrogens with zero attached hydrogens (tertiary/aromatic N) is 1. The normalized spacial score (nSPS) is 11.8. The Hall–Kier alpha value is -1.20. The Kier molecular flexibility index (Phi) is 4.06. The molecule has 0 saturated heterocycles. The van der Waals surface area contributed by atoms with Crippen molar-refractivity contribution in [3.63, 3.8) is 0 Å². The van der Waals surface area contributed by atoms with Gasteiger partial charge in [0.25, 0.3) is 0 Å². The first-order valence-electron chi connectivity index (χ1n) is 6.09. The number of benzene rings is 1. The van der Waals surface area contributed by atoms with Crippen LogP contribution in [0.25, 0.3) is 11.4 Å². The molecule has 1 aromatic carbocycles. The summed E-state index contributed by atoms with van der Waals surface area (Å²) < 4.78 is 13.6. The van der Waals surface area contributed by atoms with Gasteiger partial charge in [0.1, 0.15) is 11.6 Å². The van der Waals surface area contributed by atoms with Crippen molar-refractivity contribution in [2.75, 3.05) is 0 Å². The summed E-state index contributed by atoms with van der Waals surface area (Å²) >= 11 is 3.18. The first-order valence-corrected chi connectivity index (χ1v) is 6.89. The number of hydrogen-bond donors (Lipinski definition) is 2. The number of imidazole rings is 1. The molecule has 0 fully saturated rings. The fraction of sp³-hybridized carbons (Fsp3) is 0.357. The second-order valence-electron chi connectivity index (χ2n) is 5.49. The third-order valence-corrected chi connectivity index (χ3v) is 3.24. The van der Waals surface area contributed by atoms with Gasteiger partial charge in [-0.15, -0.1) is 0 Å². The van der Waals surface area contributed by atoms with Gasteiger partial charge in [0, 0.05) is 29.5 Å². The second-order valence-corrected chi connectivity index (χ2v) is 6.34. The second kappa shape index (κ2) is 5.43. The van der Waals surface area contributed by atoms with Crippen LogP contribution in [-0.4, -0.2) is 15.5 Å². The quantitative estimate of drug-likeness (QED) is 0.899. The monoisotopic (exact) mass is 325 g/mol. The highest BCUT2D eigenvalue weighted by Crippen LogP contribution is 2.23. The number of aromatic amines is 1. The Morgan fingerprint density at radius 3 is 2.74 bits per heavy atom. The number of hydrogen-bond acceptors (Lipinski definition) is 2. The van der Waals surface area contributed by atoms with E-state index in [1.165, 1.54) is 6.07 Å². The van der Waals surface area contributed by atoms with Gasteiger partial charge in [0.2, 0.25) is 0 Å². The van der Waals surface area contributed by atoms with Crippen LogP contribution in [0, 0.1) is 5.82 Å². The molecule has 0 unspecified atom stereocenters. The molecule has 0 spiro atoms. The van der Waals surface area contributed by atoms with Crippen molar-refractivity contribution in [2.45, 2.75) is 32.9 Å². The smallest absolute Gasteiger partial charge is 0.137 e. The number of halogens is 2. The van der Waals surface area contributed by atoms with E-state index < -0.39 is 0 Å². The Morgan fingerprint density at radius 2 is 2.11 bits per heavy atom. The van der Waals surface area contributed by atoms with Crippen LogP contribution < -0.4 is 5.32 Å². The van der Waals surface area contributed by atoms with Crippen LogP contribution in [0.3, 0.4) is 0 Å². The van der Waals surface area contributed by atoms with Gasteiger partial charge in [-0.25, -0.2) is 9.37 Å². The molecule has 0 amide bonds. The number of H-pyrrole nitrogens is 1. The van der Waals surface area contributed by atoms with Crippen molar-refractivity contribution in [2.24, 2.45) is 0 Å². The average molecular weight is 326 g/mol. The van der Waals surface area contributed by atoms with E-state index in [2.05, 4.69) is 52.0 Å². The topological polar surface area (TPSA) is 40.7 Å². The van der Waals surface area contributed by atoms with Gasteiger partial charge in [-0.2, -0.15) is 0 Å². The van der Waals surface area contributed by atoms with E-state index in [0.717, 1.165) is 23.6 Å². The van der Waals surface area contributed by atoms with Crippen LogP contribution in [-0.2, 0) is 6.54 Å². The largest absolute Gasteiger partial charge is 0.341 e. The van der Waals surface area contributed by atoms with Crippen molar-refractivity contribution >= 4 is 15.9 Å². The summed E-state index contributed by atoms with van der Waals surface area (Å²) in [6.45, 7) is 7.06. The molecule has 1 heterocycles. The van der Waals surface area contributed by atoms with Crippen LogP contribution in [0.1, 0.15) is 26.5 Å². The lowest BCUT2D eigenvalue weighted by atomic mass is 10.1. The Morgan fingerprint density at radius 1 is 1.37 bits per heavy atom. The highest BCUT2D eigenvalue weighted by Gasteiger charge is 2.10. The van der Waals surface area contributed by atoms with Crippen molar-refractivity contribution in [1.82, 2.24) is 15.3 Å². The lowest BCUT2D eigenvalue weighted by Gasteiger charge is -2.19. The van der Waals surface area contributed by atoms with Crippen LogP contribution in [0.5, 0.6) is 0 Å². The zero-order chi connectivity index (χ0) is 14.0. The first kappa shape index (κ1) is 14.2. The number of nitrogens with one attached hydrogen (secondary N) is 2. The SMILES string of the molecule is CC(C)(C)NCc1cnc(-c2ccc(F)c(Br)c2)[nH]1. The highest BCUT2D eigenvalue weighted by atomic mass is 79.9. The van der Waals surface area contributed by atoms with Crippen LogP contribution in [0.15, 0.2) is 28.9 Å². The standard InChI is InChI=1S/C14H17BrFN3/c1-14(2,3)18-8-10-7-17-13(19-10)9-4-5-12(16)11(15)6-9/h4-7,18H,8H2,1-3H3,(H,17,19). The third kappa shape index (κ3) is 3.88. The van der Waals surface area contributed by atoms with Crippen LogP contribution in [0.2, 0.25) is 0 Å². The minimum atomic E-state index is -0.273. The molecule has 102 valence electrons. The molecule has 2 N–H and O–H groups in total. The number of rotatable bonds is 3. The van der Waals surface area contributed by atoms with E-state index >= 15 is 0 Å². The van der Waals surface area contributed by atoms with Crippen molar-refractivity contribution in [3.05, 3.63) is 40.4 Å². The highest BCUT2D eigenvalue weighted by molar-refractivity contribution is 9.10. The minimum absolute atomic E-state index is 0.0597. The molecule has 0 saturated carbocycles. The molecule has 0 aliphatic heterocycles. The van der Waals surface area contributed by atoms with Gasteiger partial charge in [-0.3, -0.25) is 0 Å². The molecule has 19 heavy (non-hydrogen) atoms. The molecule has 5 heteroatoms. The predicted molar refractivity (Wildman–Crippen MR) is 78.3 cm³/mol. The van der Waals surface area contributed by atoms with Gasteiger partial charge < -0.3 is 10.3 Å². The van der Waals surface area contributed by atoms with Gasteiger partial charge >= 0.3 is 0 Å². The van der Waals surface area contributed by atoms with Gasteiger partial charge in [-0.05, 0) is 54.9 Å². The maximum atomic E-state index is 13.2. The minimum Gasteiger partial charge on any atom is -0.341 e. The molecule has 0 atom stereocenters. The van der Waals surface area contributed by atoms with Crippen LogP contribution >= 0.6 is 15.9 Å². The summed E-state index contributed by atoms with van der Waals surface area (Å²) in [6, 6.07) is 4.85.